The van der Waals surface area contributed by atoms with Crippen LogP contribution < -0.4 is 4.31 Å². The van der Waals surface area contributed by atoms with Gasteiger partial charge in [-0.3, -0.25) is 4.55 Å². The minimum Gasteiger partial charge on any atom is -0.446 e. The van der Waals surface area contributed by atoms with Crippen LogP contribution in [-0.4, -0.2) is 42.7 Å². The number of benzene rings is 2. The second kappa shape index (κ2) is 11.8. The molecule has 0 aliphatic rings. The van der Waals surface area contributed by atoms with E-state index in [1.54, 1.807) is 12.3 Å². The summed E-state index contributed by atoms with van der Waals surface area (Å²) in [4.78, 5) is 17.4. The van der Waals surface area contributed by atoms with Crippen molar-refractivity contribution in [2.24, 2.45) is 5.92 Å². The summed E-state index contributed by atoms with van der Waals surface area (Å²) in [6.45, 7) is 10.4. The number of imidazole rings is 1. The zero-order valence-electron chi connectivity index (χ0n) is 21.5. The highest BCUT2D eigenvalue weighted by molar-refractivity contribution is 7.81. The van der Waals surface area contributed by atoms with Gasteiger partial charge in [0.1, 0.15) is 12.4 Å². The standard InChI is InChI=1S/C27H35N3O5S/c1-19(2)15-21-16-23(20-9-7-6-8-10-20)24(30(36(33)34)26(32)35-14-13-31)17-22(21)18-29-12-11-28-25(29)27(3,4)5/h6-12,16-17,19,31H,13-15,18H2,1-5H3,(H,33,34). The third kappa shape index (κ3) is 6.60. The van der Waals surface area contributed by atoms with Crippen molar-refractivity contribution in [2.75, 3.05) is 17.5 Å². The summed E-state index contributed by atoms with van der Waals surface area (Å²) < 4.78 is 30.4. The number of ether oxygens (including phenoxy) is 1. The topological polar surface area (TPSA) is 105 Å². The minimum atomic E-state index is -2.70. The number of amides is 1. The number of aromatic nitrogens is 2. The normalized spacial score (nSPS) is 12.6. The second-order valence-corrected chi connectivity index (χ2v) is 10.9. The van der Waals surface area contributed by atoms with Crippen LogP contribution >= 0.6 is 0 Å². The molecule has 3 aromatic rings. The summed E-state index contributed by atoms with van der Waals surface area (Å²) in [5, 5.41) is 9.10. The van der Waals surface area contributed by atoms with Crippen LogP contribution in [0, 0.1) is 5.92 Å². The van der Waals surface area contributed by atoms with E-state index in [0.29, 0.717) is 18.0 Å². The van der Waals surface area contributed by atoms with E-state index in [9.17, 15) is 13.6 Å². The molecule has 1 unspecified atom stereocenters. The van der Waals surface area contributed by atoms with Crippen molar-refractivity contribution >= 4 is 23.0 Å². The Bertz CT molecular complexity index is 1200. The predicted molar refractivity (Wildman–Crippen MR) is 142 cm³/mol. The maximum Gasteiger partial charge on any atom is 0.428 e. The SMILES string of the molecule is CC(C)Cc1cc(-c2ccccc2)c(N(C(=O)OCCO)S(=O)O)cc1Cn1ccnc1C(C)(C)C. The fraction of sp³-hybridized carbons (Fsp3) is 0.407. The molecule has 0 fully saturated rings. The molecule has 194 valence electrons. The van der Waals surface area contributed by atoms with E-state index in [4.69, 9.17) is 9.84 Å². The summed E-state index contributed by atoms with van der Waals surface area (Å²) in [5.41, 5.74) is 3.50. The monoisotopic (exact) mass is 513 g/mol. The Balaban J connectivity index is 2.25. The zero-order valence-corrected chi connectivity index (χ0v) is 22.3. The highest BCUT2D eigenvalue weighted by Gasteiger charge is 2.28. The molecular formula is C27H35N3O5S. The van der Waals surface area contributed by atoms with Crippen LogP contribution in [0.3, 0.4) is 0 Å². The van der Waals surface area contributed by atoms with Gasteiger partial charge in [-0.15, -0.1) is 0 Å². The molecule has 0 spiro atoms. The van der Waals surface area contributed by atoms with Gasteiger partial charge in [-0.1, -0.05) is 65.0 Å². The Morgan fingerprint density at radius 2 is 1.86 bits per heavy atom. The molecule has 0 aliphatic heterocycles. The average molecular weight is 514 g/mol. The highest BCUT2D eigenvalue weighted by Crippen LogP contribution is 2.36. The van der Waals surface area contributed by atoms with Crippen LogP contribution in [0.4, 0.5) is 10.5 Å². The number of anilines is 1. The van der Waals surface area contributed by atoms with Gasteiger partial charge in [0.25, 0.3) is 11.3 Å². The van der Waals surface area contributed by atoms with Gasteiger partial charge in [0.05, 0.1) is 12.3 Å². The van der Waals surface area contributed by atoms with E-state index in [2.05, 4.69) is 44.2 Å². The maximum atomic E-state index is 12.8. The number of nitrogens with zero attached hydrogens (tertiary/aromatic N) is 3. The Kier molecular flexibility index (Phi) is 9.05. The van der Waals surface area contributed by atoms with E-state index in [0.717, 1.165) is 33.2 Å². The summed E-state index contributed by atoms with van der Waals surface area (Å²) >= 11 is -2.70. The Hall–Kier alpha value is -3.01. The maximum absolute atomic E-state index is 12.8. The van der Waals surface area contributed by atoms with Crippen LogP contribution in [0.2, 0.25) is 0 Å². The lowest BCUT2D eigenvalue weighted by molar-refractivity contribution is 0.128. The molecule has 36 heavy (non-hydrogen) atoms. The van der Waals surface area contributed by atoms with Crippen molar-refractivity contribution in [1.82, 2.24) is 9.55 Å². The van der Waals surface area contributed by atoms with Crippen molar-refractivity contribution in [3.63, 3.8) is 0 Å². The smallest absolute Gasteiger partial charge is 0.428 e. The number of hydrogen-bond acceptors (Lipinski definition) is 5. The highest BCUT2D eigenvalue weighted by atomic mass is 32.2. The summed E-state index contributed by atoms with van der Waals surface area (Å²) in [5.74, 6) is 1.28. The molecule has 1 amide bonds. The molecule has 1 heterocycles. The fourth-order valence-corrected chi connectivity index (χ4v) is 4.67. The van der Waals surface area contributed by atoms with E-state index in [1.165, 1.54) is 0 Å². The number of carbonyl (C=O) groups is 1. The third-order valence-electron chi connectivity index (χ3n) is 5.62. The molecule has 1 aromatic heterocycles. The zero-order chi connectivity index (χ0) is 26.5. The molecule has 8 nitrogen and oxygen atoms in total. The third-order valence-corrected chi connectivity index (χ3v) is 6.27. The van der Waals surface area contributed by atoms with Gasteiger partial charge in [0, 0.05) is 29.9 Å². The number of hydrogen-bond donors (Lipinski definition) is 2. The number of carbonyl (C=O) groups excluding carboxylic acids is 1. The van der Waals surface area contributed by atoms with E-state index in [1.807, 2.05) is 42.6 Å². The van der Waals surface area contributed by atoms with E-state index < -0.39 is 24.0 Å². The largest absolute Gasteiger partial charge is 0.446 e. The lowest BCUT2D eigenvalue weighted by atomic mass is 9.91. The van der Waals surface area contributed by atoms with Crippen LogP contribution in [0.1, 0.15) is 51.6 Å². The number of aliphatic hydroxyl groups is 1. The lowest BCUT2D eigenvalue weighted by Crippen LogP contribution is -2.34. The first-order chi connectivity index (χ1) is 17.0. The first-order valence-electron chi connectivity index (χ1n) is 11.9. The van der Waals surface area contributed by atoms with Gasteiger partial charge < -0.3 is 14.4 Å². The van der Waals surface area contributed by atoms with Gasteiger partial charge in [0.2, 0.25) is 0 Å². The molecule has 1 atom stereocenters. The van der Waals surface area contributed by atoms with Gasteiger partial charge in [-0.2, -0.15) is 4.31 Å². The van der Waals surface area contributed by atoms with Crippen molar-refractivity contribution < 1.29 is 23.4 Å². The molecule has 0 bridgehead atoms. The lowest BCUT2D eigenvalue weighted by Gasteiger charge is -2.25. The van der Waals surface area contributed by atoms with Crippen LogP contribution in [-0.2, 0) is 34.4 Å². The molecule has 2 aromatic carbocycles. The van der Waals surface area contributed by atoms with Gasteiger partial charge in [0.15, 0.2) is 0 Å². The first kappa shape index (κ1) is 27.6. The molecule has 0 saturated heterocycles. The molecule has 0 aliphatic carbocycles. The van der Waals surface area contributed by atoms with Gasteiger partial charge >= 0.3 is 6.09 Å². The minimum absolute atomic E-state index is 0.179. The van der Waals surface area contributed by atoms with Crippen LogP contribution in [0.25, 0.3) is 11.1 Å². The molecule has 0 saturated carbocycles. The van der Waals surface area contributed by atoms with Gasteiger partial charge in [-0.05, 0) is 41.2 Å². The quantitative estimate of drug-likeness (QED) is 0.383. The molecule has 2 N–H and O–H groups in total. The molecule has 0 radical (unpaired) electrons. The number of aliphatic hydroxyl groups excluding tert-OH is 1. The van der Waals surface area contributed by atoms with E-state index >= 15 is 0 Å². The Labute approximate surface area is 215 Å². The van der Waals surface area contributed by atoms with Gasteiger partial charge in [-0.25, -0.2) is 14.0 Å². The molecule has 9 heteroatoms. The Morgan fingerprint density at radius 1 is 1.17 bits per heavy atom. The number of rotatable bonds is 9. The van der Waals surface area contributed by atoms with Crippen LogP contribution in [0.15, 0.2) is 54.9 Å². The van der Waals surface area contributed by atoms with Crippen molar-refractivity contribution in [2.45, 2.75) is 53.0 Å². The van der Waals surface area contributed by atoms with Crippen molar-refractivity contribution in [3.8, 4) is 11.1 Å². The van der Waals surface area contributed by atoms with Crippen molar-refractivity contribution in [3.05, 3.63) is 71.8 Å². The summed E-state index contributed by atoms with van der Waals surface area (Å²) in [7, 11) is 0. The van der Waals surface area contributed by atoms with Crippen molar-refractivity contribution in [1.29, 1.82) is 0 Å². The average Bonchev–Trinajstić information content (AvgIpc) is 3.28. The predicted octanol–water partition coefficient (Wildman–Crippen LogP) is 5.17. The molecular weight excluding hydrogens is 478 g/mol. The van der Waals surface area contributed by atoms with Crippen LogP contribution in [0.5, 0.6) is 0 Å². The first-order valence-corrected chi connectivity index (χ1v) is 13.0. The van der Waals surface area contributed by atoms with E-state index in [-0.39, 0.29) is 17.7 Å². The summed E-state index contributed by atoms with van der Waals surface area (Å²) in [6.07, 6.45) is 3.46. The summed E-state index contributed by atoms with van der Waals surface area (Å²) in [6, 6.07) is 13.2. The Morgan fingerprint density at radius 3 is 2.44 bits per heavy atom. The molecule has 3 rings (SSSR count). The fourth-order valence-electron chi connectivity index (χ4n) is 4.17. The second-order valence-electron chi connectivity index (χ2n) is 10.1.